The molecule has 1 amide bonds. The molecule has 1 aliphatic rings. The molecular weight excluding hydrogens is 526 g/mol. The molecule has 0 fully saturated rings. The molecule has 0 radical (unpaired) electrons. The molecule has 2 aromatic carbocycles. The number of rotatable bonds is 10. The number of fused-ring (bicyclic) bond motifs is 1. The van der Waals surface area contributed by atoms with Crippen molar-refractivity contribution in [1.82, 2.24) is 10.6 Å². The second-order valence-corrected chi connectivity index (χ2v) is 10.2. The van der Waals surface area contributed by atoms with Crippen LogP contribution in [0.15, 0.2) is 53.9 Å². The van der Waals surface area contributed by atoms with Gasteiger partial charge in [-0.2, -0.15) is 0 Å². The fourth-order valence-corrected chi connectivity index (χ4v) is 4.92. The monoisotopic (exact) mass is 557 g/mol. The van der Waals surface area contributed by atoms with Crippen LogP contribution in [-0.2, 0) is 35.4 Å². The van der Waals surface area contributed by atoms with E-state index in [0.717, 1.165) is 48.6 Å². The van der Waals surface area contributed by atoms with Crippen LogP contribution < -0.4 is 16.0 Å². The van der Waals surface area contributed by atoms with Crippen LogP contribution in [0, 0.1) is 0 Å². The second kappa shape index (κ2) is 15.1. The maximum Gasteiger partial charge on any atom is 0.303 e. The molecule has 0 spiro atoms. The van der Waals surface area contributed by atoms with E-state index in [9.17, 15) is 14.4 Å². The number of hydrogen-bond acceptors (Lipinski definition) is 6. The Hall–Kier alpha value is -3.40. The molecule has 4 rings (SSSR count). The normalized spacial score (nSPS) is 12.3. The summed E-state index contributed by atoms with van der Waals surface area (Å²) in [5, 5.41) is 28.6. The predicted octanol–water partition coefficient (Wildman–Crippen LogP) is 4.61. The van der Waals surface area contributed by atoms with Crippen LogP contribution in [0.25, 0.3) is 0 Å². The van der Waals surface area contributed by atoms with Gasteiger partial charge in [-0.05, 0) is 78.7 Å². The largest absolute Gasteiger partial charge is 0.481 e. The highest BCUT2D eigenvalue weighted by Crippen LogP contribution is 2.31. The highest BCUT2D eigenvalue weighted by atomic mass is 35.5. The summed E-state index contributed by atoms with van der Waals surface area (Å²) >= 11 is 8.21. The molecule has 38 heavy (non-hydrogen) atoms. The van der Waals surface area contributed by atoms with Gasteiger partial charge in [0.25, 0.3) is 5.91 Å². The van der Waals surface area contributed by atoms with Crippen LogP contribution >= 0.6 is 22.9 Å². The Bertz CT molecular complexity index is 1200. The number of carbonyl (C=O) groups excluding carboxylic acids is 1. The quantitative estimate of drug-likeness (QED) is 0.246. The van der Waals surface area contributed by atoms with E-state index < -0.39 is 11.9 Å². The van der Waals surface area contributed by atoms with Crippen molar-refractivity contribution in [3.05, 3.63) is 86.1 Å². The Kier molecular flexibility index (Phi) is 11.6. The standard InChI is InChI=1S/C24H26ClN3OS.C4H6O4/c25-22-8-7-18-9-12-26-13-11-21(18)23(22)28-16-17-3-5-19(6-4-17)24(29)27-14-10-20-2-1-15-30-20;5-3(6)1-2-4(7)8/h1-8,15,26,28H,9-14,16H2,(H,27,29);1-2H2,(H,5,6)(H,7,8). The lowest BCUT2D eigenvalue weighted by Gasteiger charge is -2.16. The van der Waals surface area contributed by atoms with Crippen LogP contribution in [0.2, 0.25) is 5.02 Å². The zero-order valence-electron chi connectivity index (χ0n) is 21.0. The average Bonchev–Trinajstić information content (AvgIpc) is 3.30. The molecule has 10 heteroatoms. The van der Waals surface area contributed by atoms with E-state index in [-0.39, 0.29) is 18.7 Å². The minimum absolute atomic E-state index is 0.0324. The van der Waals surface area contributed by atoms with Crippen LogP contribution in [0.1, 0.15) is 44.8 Å². The van der Waals surface area contributed by atoms with Gasteiger partial charge in [0.2, 0.25) is 0 Å². The molecule has 0 bridgehead atoms. The van der Waals surface area contributed by atoms with Gasteiger partial charge in [0.05, 0.1) is 23.6 Å². The zero-order valence-corrected chi connectivity index (χ0v) is 22.5. The van der Waals surface area contributed by atoms with Crippen molar-refractivity contribution < 1.29 is 24.6 Å². The maximum absolute atomic E-state index is 12.4. The Morgan fingerprint density at radius 3 is 2.32 bits per heavy atom. The number of amides is 1. The summed E-state index contributed by atoms with van der Waals surface area (Å²) in [4.78, 5) is 32.9. The SMILES string of the molecule is O=C(NCCc1cccs1)c1ccc(CNc2c(Cl)ccc3c2CCNCC3)cc1.O=C(O)CCC(=O)O. The Morgan fingerprint density at radius 1 is 0.947 bits per heavy atom. The molecule has 1 aliphatic heterocycles. The summed E-state index contributed by atoms with van der Waals surface area (Å²) in [5.74, 6) is -2.19. The number of nitrogens with one attached hydrogen (secondary N) is 3. The molecule has 0 aliphatic carbocycles. The lowest BCUT2D eigenvalue weighted by Crippen LogP contribution is -2.25. The van der Waals surface area contributed by atoms with E-state index >= 15 is 0 Å². The molecule has 1 aromatic heterocycles. The highest BCUT2D eigenvalue weighted by molar-refractivity contribution is 7.09. The van der Waals surface area contributed by atoms with E-state index in [4.69, 9.17) is 21.8 Å². The number of carbonyl (C=O) groups is 3. The first kappa shape index (κ1) is 29.2. The van der Waals surface area contributed by atoms with Crippen molar-refractivity contribution in [2.75, 3.05) is 25.0 Å². The molecule has 202 valence electrons. The van der Waals surface area contributed by atoms with E-state index in [2.05, 4.69) is 33.5 Å². The molecule has 0 atom stereocenters. The molecule has 0 saturated carbocycles. The van der Waals surface area contributed by atoms with E-state index in [0.29, 0.717) is 18.7 Å². The lowest BCUT2D eigenvalue weighted by atomic mass is 10.0. The fraction of sp³-hybridized carbons (Fsp3) is 0.321. The summed E-state index contributed by atoms with van der Waals surface area (Å²) in [6.07, 6.45) is 2.27. The van der Waals surface area contributed by atoms with Crippen LogP contribution in [-0.4, -0.2) is 47.7 Å². The summed E-state index contributed by atoms with van der Waals surface area (Å²) in [5.41, 5.74) is 5.51. The van der Waals surface area contributed by atoms with Gasteiger partial charge in [0, 0.05) is 23.5 Å². The first-order chi connectivity index (χ1) is 18.3. The minimum Gasteiger partial charge on any atom is -0.481 e. The number of halogens is 1. The van der Waals surface area contributed by atoms with Gasteiger partial charge in [0.1, 0.15) is 0 Å². The fourth-order valence-electron chi connectivity index (χ4n) is 3.97. The van der Waals surface area contributed by atoms with Crippen molar-refractivity contribution >= 4 is 46.5 Å². The molecular formula is C28H32ClN3O5S. The Labute approximate surface area is 231 Å². The van der Waals surface area contributed by atoms with Gasteiger partial charge >= 0.3 is 11.9 Å². The summed E-state index contributed by atoms with van der Waals surface area (Å²) < 4.78 is 0. The Balaban J connectivity index is 0.000000436. The van der Waals surface area contributed by atoms with Crippen molar-refractivity contribution in [2.45, 2.75) is 38.6 Å². The first-order valence-corrected chi connectivity index (χ1v) is 13.7. The topological polar surface area (TPSA) is 128 Å². The van der Waals surface area contributed by atoms with Crippen molar-refractivity contribution in [1.29, 1.82) is 0 Å². The lowest BCUT2D eigenvalue weighted by molar-refractivity contribution is -0.143. The number of benzene rings is 2. The van der Waals surface area contributed by atoms with Crippen LogP contribution in [0.4, 0.5) is 5.69 Å². The third-order valence-corrected chi connectivity index (χ3v) is 7.21. The van der Waals surface area contributed by atoms with Crippen LogP contribution in [0.3, 0.4) is 0 Å². The zero-order chi connectivity index (χ0) is 27.3. The van der Waals surface area contributed by atoms with E-state index in [1.165, 1.54) is 16.0 Å². The van der Waals surface area contributed by atoms with Gasteiger partial charge < -0.3 is 26.2 Å². The second-order valence-electron chi connectivity index (χ2n) is 8.73. The van der Waals surface area contributed by atoms with Crippen molar-refractivity contribution in [3.8, 4) is 0 Å². The smallest absolute Gasteiger partial charge is 0.303 e. The molecule has 2 heterocycles. The van der Waals surface area contributed by atoms with Gasteiger partial charge in [-0.1, -0.05) is 35.9 Å². The first-order valence-electron chi connectivity index (χ1n) is 12.4. The number of anilines is 1. The molecule has 3 aromatic rings. The van der Waals surface area contributed by atoms with E-state index in [1.54, 1.807) is 11.3 Å². The highest BCUT2D eigenvalue weighted by Gasteiger charge is 2.15. The number of thiophene rings is 1. The van der Waals surface area contributed by atoms with Gasteiger partial charge in [-0.25, -0.2) is 0 Å². The van der Waals surface area contributed by atoms with Crippen molar-refractivity contribution in [2.24, 2.45) is 0 Å². The average molecular weight is 558 g/mol. The molecule has 5 N–H and O–H groups in total. The maximum atomic E-state index is 12.4. The third kappa shape index (κ3) is 9.48. The van der Waals surface area contributed by atoms with Crippen molar-refractivity contribution in [3.63, 3.8) is 0 Å². The number of aliphatic carboxylic acids is 2. The molecule has 0 saturated heterocycles. The number of hydrogen-bond donors (Lipinski definition) is 5. The number of carboxylic acids is 2. The third-order valence-electron chi connectivity index (χ3n) is 5.96. The van der Waals surface area contributed by atoms with Gasteiger partial charge in [0.15, 0.2) is 0 Å². The summed E-state index contributed by atoms with van der Waals surface area (Å²) in [6.45, 7) is 3.29. The molecule has 0 unspecified atom stereocenters. The minimum atomic E-state index is -1.08. The van der Waals surface area contributed by atoms with Gasteiger partial charge in [-0.3, -0.25) is 14.4 Å². The van der Waals surface area contributed by atoms with Gasteiger partial charge in [-0.15, -0.1) is 11.3 Å². The molecule has 8 nitrogen and oxygen atoms in total. The predicted molar refractivity (Wildman–Crippen MR) is 150 cm³/mol. The Morgan fingerprint density at radius 2 is 1.66 bits per heavy atom. The summed E-state index contributed by atoms with van der Waals surface area (Å²) in [7, 11) is 0. The van der Waals surface area contributed by atoms with E-state index in [1.807, 2.05) is 36.4 Å². The van der Waals surface area contributed by atoms with Crippen LogP contribution in [0.5, 0.6) is 0 Å². The summed E-state index contributed by atoms with van der Waals surface area (Å²) in [6, 6.07) is 16.0. The number of carboxylic acid groups (broad SMARTS) is 2.